The lowest BCUT2D eigenvalue weighted by atomic mass is 9.94. The number of halogens is 1. The monoisotopic (exact) mass is 342 g/mol. The molecule has 0 saturated carbocycles. The molecule has 4 nitrogen and oxygen atoms in total. The predicted molar refractivity (Wildman–Crippen MR) is 90.9 cm³/mol. The maximum atomic E-state index is 12.4. The molecule has 1 spiro atoms. The molecule has 0 aliphatic carbocycles. The van der Waals surface area contributed by atoms with Crippen LogP contribution in [0.3, 0.4) is 0 Å². The first kappa shape index (κ1) is 16.2. The Morgan fingerprint density at radius 2 is 2.18 bits per heavy atom. The fraction of sp³-hybridized carbons (Fsp3) is 0.625. The van der Waals surface area contributed by atoms with Crippen molar-refractivity contribution in [1.82, 2.24) is 4.90 Å². The first-order chi connectivity index (χ1) is 10.5. The van der Waals surface area contributed by atoms with E-state index >= 15 is 0 Å². The normalized spacial score (nSPS) is 33.0. The number of hydrogen-bond acceptors (Lipinski definition) is 4. The number of ether oxygens (including phenoxy) is 1. The fourth-order valence-corrected chi connectivity index (χ4v) is 5.52. The van der Waals surface area contributed by atoms with Crippen molar-refractivity contribution in [2.75, 3.05) is 38.2 Å². The van der Waals surface area contributed by atoms with Gasteiger partial charge in [0.1, 0.15) is 0 Å². The number of hydrogen-bond donors (Lipinski definition) is 0. The lowest BCUT2D eigenvalue weighted by Crippen LogP contribution is -2.54. The Balaban J connectivity index is 1.66. The molecule has 2 fully saturated rings. The topological polar surface area (TPSA) is 41.9 Å². The molecular weight excluding hydrogens is 320 g/mol. The van der Waals surface area contributed by atoms with Gasteiger partial charge in [0.2, 0.25) is 0 Å². The smallest absolute Gasteiger partial charge is 0.0827 e. The molecule has 0 unspecified atom stereocenters. The van der Waals surface area contributed by atoms with Crippen molar-refractivity contribution in [3.63, 3.8) is 0 Å². The Morgan fingerprint density at radius 3 is 2.86 bits per heavy atom. The van der Waals surface area contributed by atoms with Crippen LogP contribution in [0.15, 0.2) is 28.6 Å². The summed E-state index contributed by atoms with van der Waals surface area (Å²) >= 11 is 6.07. The number of nitrogens with zero attached hydrogens (tertiary/aromatic N) is 2. The molecule has 22 heavy (non-hydrogen) atoms. The van der Waals surface area contributed by atoms with Gasteiger partial charge in [-0.3, -0.25) is 4.90 Å². The van der Waals surface area contributed by atoms with E-state index in [1.165, 1.54) is 5.56 Å². The molecule has 2 saturated heterocycles. The quantitative estimate of drug-likeness (QED) is 0.830. The van der Waals surface area contributed by atoms with Crippen molar-refractivity contribution in [3.8, 4) is 0 Å². The largest absolute Gasteiger partial charge is 0.372 e. The summed E-state index contributed by atoms with van der Waals surface area (Å²) in [5, 5.41) is 0.780. The summed E-state index contributed by atoms with van der Waals surface area (Å²) < 4.78 is 22.6. The summed E-state index contributed by atoms with van der Waals surface area (Å²) in [5.41, 5.74) is 1.09. The van der Waals surface area contributed by atoms with E-state index in [1.54, 1.807) is 7.05 Å². The molecule has 0 aromatic heterocycles. The van der Waals surface area contributed by atoms with Crippen LogP contribution in [-0.2, 0) is 21.0 Å². The molecule has 1 aromatic rings. The minimum Gasteiger partial charge on any atom is -0.372 e. The fourth-order valence-electron chi connectivity index (χ4n) is 3.35. The minimum absolute atomic E-state index is 0.136. The summed E-state index contributed by atoms with van der Waals surface area (Å²) in [5.74, 6) is 1.32. The van der Waals surface area contributed by atoms with E-state index in [0.717, 1.165) is 44.1 Å². The number of benzene rings is 1. The SMILES string of the molecule is CN=S1(=O)CCC2(CC1)CN(Cc1cccc(Cl)c1)CCO2. The van der Waals surface area contributed by atoms with Crippen LogP contribution in [0.25, 0.3) is 0 Å². The summed E-state index contributed by atoms with van der Waals surface area (Å²) in [6, 6.07) is 8.02. The molecule has 0 bridgehead atoms. The number of morpholine rings is 1. The van der Waals surface area contributed by atoms with Crippen molar-refractivity contribution >= 4 is 21.3 Å². The second-order valence-corrected chi connectivity index (χ2v) is 9.40. The third kappa shape index (κ3) is 3.65. The molecular formula is C16H23ClN2O2S. The summed E-state index contributed by atoms with van der Waals surface area (Å²) in [6.45, 7) is 3.46. The summed E-state index contributed by atoms with van der Waals surface area (Å²) in [7, 11) is -0.302. The Morgan fingerprint density at radius 1 is 1.41 bits per heavy atom. The Hall–Kier alpha value is -0.620. The van der Waals surface area contributed by atoms with Crippen LogP contribution in [-0.4, -0.2) is 53.0 Å². The van der Waals surface area contributed by atoms with E-state index in [-0.39, 0.29) is 5.60 Å². The second-order valence-electron chi connectivity index (χ2n) is 6.24. The van der Waals surface area contributed by atoms with Gasteiger partial charge < -0.3 is 4.74 Å². The van der Waals surface area contributed by atoms with E-state index in [4.69, 9.17) is 16.3 Å². The van der Waals surface area contributed by atoms with Crippen molar-refractivity contribution in [2.24, 2.45) is 4.36 Å². The van der Waals surface area contributed by atoms with Crippen molar-refractivity contribution in [2.45, 2.75) is 25.0 Å². The minimum atomic E-state index is -1.98. The third-order valence-corrected chi connectivity index (χ3v) is 7.29. The molecule has 1 aromatic carbocycles. The van der Waals surface area contributed by atoms with Crippen molar-refractivity contribution < 1.29 is 8.95 Å². The molecule has 6 heteroatoms. The lowest BCUT2D eigenvalue weighted by molar-refractivity contribution is -0.115. The van der Waals surface area contributed by atoms with Gasteiger partial charge in [0, 0.05) is 52.9 Å². The van der Waals surface area contributed by atoms with E-state index in [1.807, 2.05) is 18.2 Å². The van der Waals surface area contributed by atoms with Crippen molar-refractivity contribution in [1.29, 1.82) is 0 Å². The highest BCUT2D eigenvalue weighted by Crippen LogP contribution is 2.32. The van der Waals surface area contributed by atoms with Crippen LogP contribution >= 0.6 is 11.6 Å². The van der Waals surface area contributed by atoms with Crippen LogP contribution in [0.2, 0.25) is 5.02 Å². The zero-order valence-corrected chi connectivity index (χ0v) is 14.5. The summed E-state index contributed by atoms with van der Waals surface area (Å²) in [6.07, 6.45) is 1.68. The Labute approximate surface area is 138 Å². The molecule has 0 amide bonds. The molecule has 2 aliphatic rings. The standard InChI is InChI=1S/C16H23ClN2O2S/c1-18-22(20)9-5-16(6-10-22)13-19(7-8-21-16)12-14-3-2-4-15(17)11-14/h2-4,11H,5-10,12-13H2,1H3. The Kier molecular flexibility index (Phi) is 4.78. The highest BCUT2D eigenvalue weighted by molar-refractivity contribution is 7.93. The Bertz CT molecular complexity index is 641. The van der Waals surface area contributed by atoms with Gasteiger partial charge in [-0.25, -0.2) is 8.57 Å². The van der Waals surface area contributed by atoms with E-state index in [9.17, 15) is 4.21 Å². The zero-order chi connectivity index (χ0) is 15.6. The molecule has 122 valence electrons. The van der Waals surface area contributed by atoms with E-state index in [0.29, 0.717) is 11.5 Å². The summed E-state index contributed by atoms with van der Waals surface area (Å²) in [4.78, 5) is 2.42. The van der Waals surface area contributed by atoms with Gasteiger partial charge >= 0.3 is 0 Å². The van der Waals surface area contributed by atoms with Crippen LogP contribution in [0.4, 0.5) is 0 Å². The van der Waals surface area contributed by atoms with Crippen LogP contribution in [0.5, 0.6) is 0 Å². The molecule has 0 atom stereocenters. The molecule has 0 radical (unpaired) electrons. The first-order valence-corrected chi connectivity index (χ1v) is 9.97. The third-order valence-electron chi connectivity index (χ3n) is 4.71. The molecule has 2 aliphatic heterocycles. The van der Waals surface area contributed by atoms with Gasteiger partial charge in [0.15, 0.2) is 0 Å². The average molecular weight is 343 g/mol. The van der Waals surface area contributed by atoms with Gasteiger partial charge in [-0.15, -0.1) is 0 Å². The van der Waals surface area contributed by atoms with Gasteiger partial charge in [0.05, 0.1) is 12.2 Å². The predicted octanol–water partition coefficient (Wildman–Crippen LogP) is 2.80. The molecule has 2 heterocycles. The van der Waals surface area contributed by atoms with Gasteiger partial charge in [-0.2, -0.15) is 0 Å². The van der Waals surface area contributed by atoms with E-state index in [2.05, 4.69) is 15.3 Å². The second kappa shape index (κ2) is 6.48. The highest BCUT2D eigenvalue weighted by Gasteiger charge is 2.40. The van der Waals surface area contributed by atoms with Gasteiger partial charge in [-0.1, -0.05) is 23.7 Å². The number of rotatable bonds is 2. The van der Waals surface area contributed by atoms with Crippen LogP contribution in [0.1, 0.15) is 18.4 Å². The molecule has 3 rings (SSSR count). The maximum Gasteiger partial charge on any atom is 0.0827 e. The van der Waals surface area contributed by atoms with Crippen LogP contribution in [0, 0.1) is 0 Å². The highest BCUT2D eigenvalue weighted by atomic mass is 35.5. The maximum absolute atomic E-state index is 12.4. The zero-order valence-electron chi connectivity index (χ0n) is 13.0. The van der Waals surface area contributed by atoms with Gasteiger partial charge in [0.25, 0.3) is 0 Å². The van der Waals surface area contributed by atoms with Crippen molar-refractivity contribution in [3.05, 3.63) is 34.9 Å². The van der Waals surface area contributed by atoms with Crippen LogP contribution < -0.4 is 0 Å². The lowest BCUT2D eigenvalue weighted by Gasteiger charge is -2.45. The van der Waals surface area contributed by atoms with E-state index < -0.39 is 9.73 Å². The first-order valence-electron chi connectivity index (χ1n) is 7.74. The average Bonchev–Trinajstić information content (AvgIpc) is 2.51. The van der Waals surface area contributed by atoms with Gasteiger partial charge in [-0.05, 0) is 30.5 Å². The molecule has 0 N–H and O–H groups in total.